The third kappa shape index (κ3) is 10.9. The summed E-state index contributed by atoms with van der Waals surface area (Å²) in [4.78, 5) is 12.5. The normalized spacial score (nSPS) is 38.6. The van der Waals surface area contributed by atoms with Crippen molar-refractivity contribution in [2.45, 2.75) is 214 Å². The molecule has 316 valence electrons. The summed E-state index contributed by atoms with van der Waals surface area (Å²) in [5.41, 5.74) is 2.05. The molecule has 0 aromatic rings. The first-order valence-corrected chi connectivity index (χ1v) is 23.2. The van der Waals surface area contributed by atoms with Crippen LogP contribution in [0.4, 0.5) is 0 Å². The van der Waals surface area contributed by atoms with Gasteiger partial charge in [-0.15, -0.1) is 0 Å². The Balaban J connectivity index is 1.08. The zero-order valence-electron chi connectivity index (χ0n) is 36.1. The van der Waals surface area contributed by atoms with Crippen molar-refractivity contribution in [3.63, 3.8) is 0 Å². The molecule has 0 radical (unpaired) electrons. The molecule has 7 heteroatoms. The summed E-state index contributed by atoms with van der Waals surface area (Å²) < 4.78 is 18.0. The summed E-state index contributed by atoms with van der Waals surface area (Å²) in [7, 11) is 0. The van der Waals surface area contributed by atoms with E-state index in [1.165, 1.54) is 82.6 Å². The first kappa shape index (κ1) is 44.8. The van der Waals surface area contributed by atoms with E-state index >= 15 is 0 Å². The van der Waals surface area contributed by atoms with Crippen molar-refractivity contribution in [2.75, 3.05) is 6.61 Å². The SMILES string of the molecule is CCCCCCCCCCCCCC(=O)OCC1OC(OC2CCC3(C)C(=CCC4C3CCC3(C)C(C(C)/C=C/C(C)C(C)C)CCC43)C2)C(O)C(O)C1O. The molecule has 4 aliphatic carbocycles. The topological polar surface area (TPSA) is 105 Å². The lowest BCUT2D eigenvalue weighted by Gasteiger charge is -2.58. The monoisotopic (exact) mass is 771 g/mol. The number of aliphatic hydroxyl groups excluding tert-OH is 3. The van der Waals surface area contributed by atoms with Crippen LogP contribution in [0.2, 0.25) is 0 Å². The number of allylic oxidation sites excluding steroid dienone is 3. The van der Waals surface area contributed by atoms with Gasteiger partial charge in [-0.1, -0.05) is 136 Å². The van der Waals surface area contributed by atoms with Crippen molar-refractivity contribution < 1.29 is 34.3 Å². The molecule has 0 amide bonds. The first-order chi connectivity index (χ1) is 26.3. The fourth-order valence-electron chi connectivity index (χ4n) is 11.9. The van der Waals surface area contributed by atoms with Crippen molar-refractivity contribution >= 4 is 5.97 Å². The number of carbonyl (C=O) groups excluding carboxylic acids is 1. The maximum Gasteiger partial charge on any atom is 0.305 e. The van der Waals surface area contributed by atoms with E-state index in [2.05, 4.69) is 66.7 Å². The maximum absolute atomic E-state index is 12.5. The molecule has 5 aliphatic rings. The van der Waals surface area contributed by atoms with E-state index in [1.807, 2.05) is 0 Å². The van der Waals surface area contributed by atoms with Gasteiger partial charge in [-0.25, -0.2) is 0 Å². The largest absolute Gasteiger partial charge is 0.463 e. The van der Waals surface area contributed by atoms with Gasteiger partial charge in [-0.05, 0) is 110 Å². The predicted octanol–water partition coefficient (Wildman–Crippen LogP) is 10.5. The van der Waals surface area contributed by atoms with E-state index in [4.69, 9.17) is 14.2 Å². The van der Waals surface area contributed by atoms with Crippen LogP contribution in [-0.2, 0) is 19.0 Å². The van der Waals surface area contributed by atoms with Crippen LogP contribution in [0.3, 0.4) is 0 Å². The molecule has 4 fully saturated rings. The van der Waals surface area contributed by atoms with Crippen molar-refractivity contribution in [1.29, 1.82) is 0 Å². The van der Waals surface area contributed by atoms with Gasteiger partial charge >= 0.3 is 5.97 Å². The molecule has 0 spiro atoms. The van der Waals surface area contributed by atoms with E-state index in [0.29, 0.717) is 35.5 Å². The molecule has 0 aromatic heterocycles. The molecule has 0 bridgehead atoms. The number of hydrogen-bond acceptors (Lipinski definition) is 7. The Morgan fingerprint density at radius 2 is 1.51 bits per heavy atom. The Hall–Kier alpha value is -1.25. The summed E-state index contributed by atoms with van der Waals surface area (Å²) in [5.74, 6) is 4.56. The maximum atomic E-state index is 12.5. The Labute approximate surface area is 335 Å². The van der Waals surface area contributed by atoms with Gasteiger partial charge in [0.2, 0.25) is 0 Å². The molecule has 1 saturated heterocycles. The lowest BCUT2D eigenvalue weighted by Crippen LogP contribution is -2.60. The van der Waals surface area contributed by atoms with Crippen molar-refractivity contribution in [3.8, 4) is 0 Å². The number of carbonyl (C=O) groups is 1. The molecule has 5 rings (SSSR count). The summed E-state index contributed by atoms with van der Waals surface area (Å²) in [6.07, 6.45) is 24.0. The first-order valence-electron chi connectivity index (χ1n) is 23.2. The number of unbranched alkanes of at least 4 members (excludes halogenated alkanes) is 10. The minimum Gasteiger partial charge on any atom is -0.463 e. The van der Waals surface area contributed by atoms with Crippen LogP contribution in [0, 0.1) is 52.3 Å². The van der Waals surface area contributed by atoms with Gasteiger partial charge < -0.3 is 29.5 Å². The Morgan fingerprint density at radius 1 is 0.836 bits per heavy atom. The highest BCUT2D eigenvalue weighted by Gasteiger charge is 2.59. The fraction of sp³-hybridized carbons (Fsp3) is 0.896. The Morgan fingerprint density at radius 3 is 2.18 bits per heavy atom. The molecule has 1 aliphatic heterocycles. The molecule has 55 heavy (non-hydrogen) atoms. The summed E-state index contributed by atoms with van der Waals surface area (Å²) in [5, 5.41) is 32.4. The standard InChI is InChI=1S/C48H82O7/c1-8-9-10-11-12-13-14-15-16-17-18-19-42(49)53-31-41-43(50)44(51)45(52)46(55-41)54-36-26-28-47(6)35(30-36)22-23-37-39-25-24-38(48(39,7)29-27-40(37)47)34(5)21-20-33(4)32(2)3/h20-22,32-34,36-41,43-46,50-52H,8-19,23-31H2,1-7H3/b21-20+. The molecular weight excluding hydrogens is 689 g/mol. The summed E-state index contributed by atoms with van der Waals surface area (Å²) >= 11 is 0. The molecule has 14 atom stereocenters. The zero-order chi connectivity index (χ0) is 39.8. The minimum atomic E-state index is -1.44. The quantitative estimate of drug-likeness (QED) is 0.0643. The van der Waals surface area contributed by atoms with Gasteiger partial charge in [0, 0.05) is 6.42 Å². The highest BCUT2D eigenvalue weighted by Crippen LogP contribution is 2.67. The smallest absolute Gasteiger partial charge is 0.305 e. The number of rotatable bonds is 20. The highest BCUT2D eigenvalue weighted by molar-refractivity contribution is 5.69. The summed E-state index contributed by atoms with van der Waals surface area (Å²) in [6, 6.07) is 0. The lowest BCUT2D eigenvalue weighted by atomic mass is 9.47. The second kappa shape index (κ2) is 20.6. The van der Waals surface area contributed by atoms with Crippen molar-refractivity contribution in [1.82, 2.24) is 0 Å². The number of hydrogen-bond donors (Lipinski definition) is 3. The minimum absolute atomic E-state index is 0.146. The Bertz CT molecular complexity index is 1250. The third-order valence-corrected chi connectivity index (χ3v) is 15.9. The van der Waals surface area contributed by atoms with Gasteiger partial charge in [0.05, 0.1) is 6.10 Å². The summed E-state index contributed by atoms with van der Waals surface area (Å²) in [6.45, 7) is 16.7. The van der Waals surface area contributed by atoms with Crippen LogP contribution in [0.1, 0.15) is 177 Å². The van der Waals surface area contributed by atoms with E-state index in [9.17, 15) is 20.1 Å². The van der Waals surface area contributed by atoms with E-state index in [-0.39, 0.29) is 24.1 Å². The van der Waals surface area contributed by atoms with E-state index in [1.54, 1.807) is 0 Å². The predicted molar refractivity (Wildman–Crippen MR) is 221 cm³/mol. The van der Waals surface area contributed by atoms with Gasteiger partial charge in [-0.2, -0.15) is 0 Å². The lowest BCUT2D eigenvalue weighted by molar-refractivity contribution is -0.313. The number of ether oxygens (including phenoxy) is 3. The van der Waals surface area contributed by atoms with Crippen LogP contribution in [0.5, 0.6) is 0 Å². The molecular formula is C48H82O7. The van der Waals surface area contributed by atoms with Gasteiger partial charge in [-0.3, -0.25) is 4.79 Å². The molecule has 0 aromatic carbocycles. The van der Waals surface area contributed by atoms with Crippen LogP contribution in [0.25, 0.3) is 0 Å². The second-order valence-electron chi connectivity index (χ2n) is 19.8. The second-order valence-corrected chi connectivity index (χ2v) is 19.8. The van der Waals surface area contributed by atoms with Gasteiger partial charge in [0.15, 0.2) is 6.29 Å². The molecule has 3 saturated carbocycles. The van der Waals surface area contributed by atoms with Gasteiger partial charge in [0.25, 0.3) is 0 Å². The van der Waals surface area contributed by atoms with Gasteiger partial charge in [0.1, 0.15) is 31.0 Å². The van der Waals surface area contributed by atoms with Crippen LogP contribution >= 0.6 is 0 Å². The number of aliphatic hydroxyl groups is 3. The van der Waals surface area contributed by atoms with Crippen LogP contribution < -0.4 is 0 Å². The van der Waals surface area contributed by atoms with Crippen molar-refractivity contribution in [2.24, 2.45) is 52.3 Å². The average molecular weight is 771 g/mol. The van der Waals surface area contributed by atoms with E-state index in [0.717, 1.165) is 62.7 Å². The highest BCUT2D eigenvalue weighted by atomic mass is 16.7. The molecule has 14 unspecified atom stereocenters. The fourth-order valence-corrected chi connectivity index (χ4v) is 11.9. The van der Waals surface area contributed by atoms with Crippen LogP contribution in [0.15, 0.2) is 23.8 Å². The van der Waals surface area contributed by atoms with Crippen LogP contribution in [-0.4, -0.2) is 64.7 Å². The third-order valence-electron chi connectivity index (χ3n) is 15.9. The molecule has 1 heterocycles. The average Bonchev–Trinajstić information content (AvgIpc) is 3.53. The Kier molecular flexibility index (Phi) is 16.8. The molecule has 3 N–H and O–H groups in total. The zero-order valence-corrected chi connectivity index (χ0v) is 36.1. The number of esters is 1. The van der Waals surface area contributed by atoms with E-state index < -0.39 is 30.7 Å². The van der Waals surface area contributed by atoms with Crippen molar-refractivity contribution in [3.05, 3.63) is 23.8 Å². The molecule has 7 nitrogen and oxygen atoms in total. The number of fused-ring (bicyclic) bond motifs is 5.